The zero-order valence-corrected chi connectivity index (χ0v) is 11.8. The van der Waals surface area contributed by atoms with Crippen LogP contribution in [0.15, 0.2) is 48.5 Å². The number of halogens is 1. The monoisotopic (exact) mass is 284 g/mol. The molecule has 0 aliphatic heterocycles. The van der Waals surface area contributed by atoms with Gasteiger partial charge in [0.2, 0.25) is 0 Å². The van der Waals surface area contributed by atoms with Gasteiger partial charge in [0.1, 0.15) is 0 Å². The molecule has 0 radical (unpaired) electrons. The third-order valence-electron chi connectivity index (χ3n) is 1.66. The molecular weight excluding hydrogens is 271 g/mol. The first-order valence-electron chi connectivity index (χ1n) is 4.15. The minimum atomic E-state index is 0. The van der Waals surface area contributed by atoms with Crippen LogP contribution in [0.2, 0.25) is 0 Å². The van der Waals surface area contributed by atoms with Gasteiger partial charge in [-0.3, -0.25) is 0 Å². The molecule has 0 aliphatic carbocycles. The fraction of sp³-hybridized carbons (Fsp3) is 0.167. The summed E-state index contributed by atoms with van der Waals surface area (Å²) in [5, 5.41) is 0. The topological polar surface area (TPSA) is 0 Å². The van der Waals surface area contributed by atoms with Crippen LogP contribution in [0.3, 0.4) is 0 Å². The molecule has 0 spiro atoms. The van der Waals surface area contributed by atoms with Crippen LogP contribution in [0.1, 0.15) is 11.1 Å². The normalized spacial score (nSPS) is 7.57. The van der Waals surface area contributed by atoms with Crippen LogP contribution in [-0.4, -0.2) is 0 Å². The predicted molar refractivity (Wildman–Crippen MR) is 60.8 cm³/mol. The molecule has 0 saturated heterocycles. The van der Waals surface area contributed by atoms with Crippen LogP contribution in [0.25, 0.3) is 0 Å². The van der Waals surface area contributed by atoms with Gasteiger partial charge in [0.15, 0.2) is 0 Å². The Kier molecular flexibility index (Phi) is 11.0. The van der Waals surface area contributed by atoms with E-state index < -0.39 is 0 Å². The molecule has 0 amide bonds. The van der Waals surface area contributed by atoms with Crippen molar-refractivity contribution in [2.75, 3.05) is 0 Å². The molecule has 0 heterocycles. The molecule has 0 atom stereocenters. The van der Waals surface area contributed by atoms with Crippen molar-refractivity contribution in [2.24, 2.45) is 0 Å². The first-order valence-corrected chi connectivity index (χ1v) is 4.15. The summed E-state index contributed by atoms with van der Waals surface area (Å²) in [7, 11) is 0. The van der Waals surface area contributed by atoms with E-state index in [-0.39, 0.29) is 38.6 Å². The van der Waals surface area contributed by atoms with E-state index in [2.05, 4.69) is 38.1 Å². The zero-order valence-electron chi connectivity index (χ0n) is 8.53. The summed E-state index contributed by atoms with van der Waals surface area (Å²) in [6.07, 6.45) is 0. The SMILES string of the molecule is C[c-]1cccc1.C[c-]1cccc1.Cl.[Zr+2]. The van der Waals surface area contributed by atoms with E-state index in [4.69, 9.17) is 0 Å². The van der Waals surface area contributed by atoms with Crippen molar-refractivity contribution in [3.8, 4) is 0 Å². The van der Waals surface area contributed by atoms with Crippen LogP contribution in [0.5, 0.6) is 0 Å². The number of hydrogen-bond donors (Lipinski definition) is 0. The van der Waals surface area contributed by atoms with Crippen LogP contribution in [0, 0.1) is 13.8 Å². The third-order valence-corrected chi connectivity index (χ3v) is 1.66. The fourth-order valence-corrected chi connectivity index (χ4v) is 0.940. The number of aryl methyl sites for hydroxylation is 2. The maximum atomic E-state index is 2.08. The fourth-order valence-electron chi connectivity index (χ4n) is 0.940. The van der Waals surface area contributed by atoms with Crippen LogP contribution in [0.4, 0.5) is 0 Å². The summed E-state index contributed by atoms with van der Waals surface area (Å²) in [5.41, 5.74) is 2.69. The maximum Gasteiger partial charge on any atom is 2.00 e. The Hall–Kier alpha value is -0.127. The Morgan fingerprint density at radius 2 is 0.857 bits per heavy atom. The first-order chi connectivity index (χ1) is 5.79. The van der Waals surface area contributed by atoms with Gasteiger partial charge in [-0.1, -0.05) is 13.8 Å². The van der Waals surface area contributed by atoms with Crippen molar-refractivity contribution in [1.82, 2.24) is 0 Å². The zero-order chi connectivity index (χ0) is 8.81. The molecule has 0 aromatic heterocycles. The van der Waals surface area contributed by atoms with Crippen molar-refractivity contribution in [1.29, 1.82) is 0 Å². The molecule has 0 fully saturated rings. The van der Waals surface area contributed by atoms with E-state index in [9.17, 15) is 0 Å². The molecule has 0 saturated carbocycles. The summed E-state index contributed by atoms with van der Waals surface area (Å²) in [4.78, 5) is 0. The quantitative estimate of drug-likeness (QED) is 0.645. The Labute approximate surface area is 112 Å². The van der Waals surface area contributed by atoms with Gasteiger partial charge in [0.25, 0.3) is 0 Å². The molecule has 2 heteroatoms. The average molecular weight is 286 g/mol. The molecule has 2 aromatic rings. The maximum absolute atomic E-state index is 2.08. The molecular formula is C12H15ClZr. The molecule has 0 unspecified atom stereocenters. The Morgan fingerprint density at radius 1 is 0.643 bits per heavy atom. The van der Waals surface area contributed by atoms with Crippen LogP contribution < -0.4 is 0 Å². The van der Waals surface area contributed by atoms with E-state index in [1.807, 2.05) is 24.3 Å². The van der Waals surface area contributed by atoms with Crippen LogP contribution >= 0.6 is 12.4 Å². The Morgan fingerprint density at radius 3 is 0.929 bits per heavy atom. The van der Waals surface area contributed by atoms with Crippen molar-refractivity contribution in [2.45, 2.75) is 13.8 Å². The second-order valence-electron chi connectivity index (χ2n) is 2.92. The minimum Gasteiger partial charge on any atom is -0.213 e. The van der Waals surface area contributed by atoms with Gasteiger partial charge in [0.05, 0.1) is 0 Å². The molecule has 74 valence electrons. The van der Waals surface area contributed by atoms with Crippen molar-refractivity contribution >= 4 is 12.4 Å². The predicted octanol–water partition coefficient (Wildman–Crippen LogP) is 3.85. The number of rotatable bonds is 0. The molecule has 0 bridgehead atoms. The summed E-state index contributed by atoms with van der Waals surface area (Å²) in [6.45, 7) is 4.17. The molecule has 0 aliphatic rings. The largest absolute Gasteiger partial charge is 2.00 e. The smallest absolute Gasteiger partial charge is 0.213 e. The standard InChI is InChI=1S/2C6H7.ClH.Zr/c2*1-6-4-2-3-5-6;;/h2*2-5H,1H3;1H;/q2*-1;;+2. The van der Waals surface area contributed by atoms with Gasteiger partial charge >= 0.3 is 26.2 Å². The van der Waals surface area contributed by atoms with Gasteiger partial charge in [0, 0.05) is 0 Å². The average Bonchev–Trinajstić information content (AvgIpc) is 2.63. The van der Waals surface area contributed by atoms with Crippen molar-refractivity contribution < 1.29 is 26.2 Å². The van der Waals surface area contributed by atoms with E-state index in [1.54, 1.807) is 0 Å². The molecule has 0 N–H and O–H groups in total. The molecule has 2 rings (SSSR count). The van der Waals surface area contributed by atoms with E-state index in [0.717, 1.165) is 0 Å². The van der Waals surface area contributed by atoms with Gasteiger partial charge in [-0.05, 0) is 0 Å². The summed E-state index contributed by atoms with van der Waals surface area (Å²) >= 11 is 0. The minimum absolute atomic E-state index is 0. The van der Waals surface area contributed by atoms with E-state index in [0.29, 0.717) is 0 Å². The van der Waals surface area contributed by atoms with Gasteiger partial charge < -0.3 is 0 Å². The summed E-state index contributed by atoms with van der Waals surface area (Å²) in [5.74, 6) is 0. The van der Waals surface area contributed by atoms with Gasteiger partial charge in [-0.15, -0.1) is 12.4 Å². The molecule has 2 aromatic carbocycles. The third kappa shape index (κ3) is 7.29. The number of hydrogen-bond acceptors (Lipinski definition) is 0. The van der Waals surface area contributed by atoms with Gasteiger partial charge in [-0.2, -0.15) is 35.4 Å². The summed E-state index contributed by atoms with van der Waals surface area (Å²) < 4.78 is 0. The second kappa shape index (κ2) is 9.43. The van der Waals surface area contributed by atoms with E-state index in [1.165, 1.54) is 11.1 Å². The second-order valence-corrected chi connectivity index (χ2v) is 2.92. The first kappa shape index (κ1) is 16.3. The molecule has 0 nitrogen and oxygen atoms in total. The Bertz CT molecular complexity index is 250. The Balaban J connectivity index is 0. The van der Waals surface area contributed by atoms with E-state index >= 15 is 0 Å². The van der Waals surface area contributed by atoms with Crippen molar-refractivity contribution in [3.05, 3.63) is 59.7 Å². The van der Waals surface area contributed by atoms with Crippen molar-refractivity contribution in [3.63, 3.8) is 0 Å². The molecule has 14 heavy (non-hydrogen) atoms. The summed E-state index contributed by atoms with van der Waals surface area (Å²) in [6, 6.07) is 16.5. The van der Waals surface area contributed by atoms with Gasteiger partial charge in [-0.25, -0.2) is 24.3 Å². The van der Waals surface area contributed by atoms with Crippen LogP contribution in [-0.2, 0) is 26.2 Å².